The van der Waals surface area contributed by atoms with E-state index in [4.69, 9.17) is 4.74 Å². The van der Waals surface area contributed by atoms with Crippen LogP contribution < -0.4 is 4.74 Å². The summed E-state index contributed by atoms with van der Waals surface area (Å²) in [5, 5.41) is 22.5. The van der Waals surface area contributed by atoms with Crippen LogP contribution in [-0.2, 0) is 16.0 Å². The predicted octanol–water partition coefficient (Wildman–Crippen LogP) is 4.07. The fraction of sp³-hybridized carbons (Fsp3) is 0.407. The Morgan fingerprint density at radius 1 is 1.17 bits per heavy atom. The van der Waals surface area contributed by atoms with E-state index in [1.54, 1.807) is 18.2 Å². The van der Waals surface area contributed by atoms with E-state index in [-0.39, 0.29) is 23.1 Å². The second-order valence-corrected chi connectivity index (χ2v) is 9.18. The molecule has 2 heterocycles. The van der Waals surface area contributed by atoms with Crippen LogP contribution in [0, 0.1) is 10.1 Å². The lowest BCUT2D eigenvalue weighted by Crippen LogP contribution is -2.33. The number of aliphatic hydroxyl groups is 1. The minimum Gasteiger partial charge on any atom is -0.507 e. The zero-order valence-corrected chi connectivity index (χ0v) is 20.8. The minimum absolute atomic E-state index is 0.0105. The van der Waals surface area contributed by atoms with Gasteiger partial charge >= 0.3 is 0 Å². The Morgan fingerprint density at radius 3 is 2.50 bits per heavy atom. The van der Waals surface area contributed by atoms with Crippen LogP contribution >= 0.6 is 0 Å². The van der Waals surface area contributed by atoms with Crippen molar-refractivity contribution in [2.75, 3.05) is 26.2 Å². The van der Waals surface area contributed by atoms with Gasteiger partial charge in [-0.05, 0) is 74.4 Å². The Morgan fingerprint density at radius 2 is 1.86 bits per heavy atom. The van der Waals surface area contributed by atoms with E-state index in [0.29, 0.717) is 30.5 Å². The molecule has 2 unspecified atom stereocenters. The molecule has 0 saturated carbocycles. The van der Waals surface area contributed by atoms with Gasteiger partial charge in [-0.1, -0.05) is 13.8 Å². The molecule has 1 saturated heterocycles. The van der Waals surface area contributed by atoms with Crippen molar-refractivity contribution < 1.29 is 24.4 Å². The van der Waals surface area contributed by atoms with Crippen molar-refractivity contribution >= 4 is 23.1 Å². The second-order valence-electron chi connectivity index (χ2n) is 9.18. The highest BCUT2D eigenvalue weighted by Gasteiger charge is 2.46. The molecule has 4 rings (SSSR count). The Labute approximate surface area is 210 Å². The molecule has 1 fully saturated rings. The molecule has 9 nitrogen and oxygen atoms in total. The summed E-state index contributed by atoms with van der Waals surface area (Å²) in [7, 11) is 0. The molecule has 9 heteroatoms. The Kier molecular flexibility index (Phi) is 7.40. The van der Waals surface area contributed by atoms with E-state index in [1.807, 2.05) is 6.92 Å². The molecule has 2 aliphatic rings. The highest BCUT2D eigenvalue weighted by Crippen LogP contribution is 2.41. The van der Waals surface area contributed by atoms with Gasteiger partial charge in [0.05, 0.1) is 16.5 Å². The number of carbonyl (C=O) groups excluding carboxylic acids is 2. The van der Waals surface area contributed by atoms with Crippen LogP contribution in [0.3, 0.4) is 0 Å². The lowest BCUT2D eigenvalue weighted by atomic mass is 9.94. The number of Topliss-reactive ketones (excluding diaryl/α,β-unsaturated/α-hetero) is 1. The fourth-order valence-electron chi connectivity index (χ4n) is 4.96. The van der Waals surface area contributed by atoms with Crippen LogP contribution in [0.5, 0.6) is 5.75 Å². The lowest BCUT2D eigenvalue weighted by molar-refractivity contribution is -0.384. The summed E-state index contributed by atoms with van der Waals surface area (Å²) in [6.07, 6.45) is 1.35. The molecule has 0 spiro atoms. The molecule has 0 radical (unpaired) electrons. The first-order valence-electron chi connectivity index (χ1n) is 12.3. The highest BCUT2D eigenvalue weighted by atomic mass is 16.6. The Bertz CT molecular complexity index is 1200. The first kappa shape index (κ1) is 25.4. The smallest absolute Gasteiger partial charge is 0.295 e. The van der Waals surface area contributed by atoms with Crippen molar-refractivity contribution in [2.45, 2.75) is 45.8 Å². The molecule has 0 aromatic heterocycles. The normalized spacial score (nSPS) is 20.6. The van der Waals surface area contributed by atoms with Gasteiger partial charge in [0.25, 0.3) is 17.4 Å². The van der Waals surface area contributed by atoms with Crippen LogP contribution in [-0.4, -0.2) is 63.8 Å². The SMILES string of the molecule is CCN(CC)CCCN1C(=O)C(=O)/C(=C(/O)c2ccc3c(c2)CC(C)O3)C1c1ccc([N+](=O)[O-])cc1. The monoisotopic (exact) mass is 493 g/mol. The maximum absolute atomic E-state index is 13.2. The van der Waals surface area contributed by atoms with Gasteiger partial charge in [-0.25, -0.2) is 0 Å². The molecule has 190 valence electrons. The van der Waals surface area contributed by atoms with Gasteiger partial charge in [-0.15, -0.1) is 0 Å². The molecule has 2 aliphatic heterocycles. The zero-order chi connectivity index (χ0) is 26.0. The van der Waals surface area contributed by atoms with Crippen LogP contribution in [0.1, 0.15) is 49.9 Å². The fourth-order valence-corrected chi connectivity index (χ4v) is 4.96. The number of carbonyl (C=O) groups is 2. The van der Waals surface area contributed by atoms with Crippen LogP contribution in [0.25, 0.3) is 5.76 Å². The van der Waals surface area contributed by atoms with Crippen molar-refractivity contribution in [1.82, 2.24) is 9.80 Å². The molecule has 36 heavy (non-hydrogen) atoms. The molecule has 0 aliphatic carbocycles. The molecule has 2 aromatic rings. The van der Waals surface area contributed by atoms with Gasteiger partial charge in [0.15, 0.2) is 0 Å². The number of aliphatic hydroxyl groups excluding tert-OH is 1. The third-order valence-corrected chi connectivity index (χ3v) is 6.90. The third kappa shape index (κ3) is 4.83. The summed E-state index contributed by atoms with van der Waals surface area (Å²) in [5.74, 6) is -0.963. The predicted molar refractivity (Wildman–Crippen MR) is 135 cm³/mol. The maximum Gasteiger partial charge on any atom is 0.295 e. The standard InChI is InChI=1S/C27H31N3O6/c1-4-28(5-2)13-6-14-29-24(18-7-10-21(11-8-18)30(34)35)23(26(32)27(29)33)25(31)19-9-12-22-20(16-19)15-17(3)36-22/h7-12,16-17,24,31H,4-6,13-15H2,1-3H3/b25-23+. The maximum atomic E-state index is 13.2. The van der Waals surface area contributed by atoms with E-state index in [0.717, 1.165) is 30.9 Å². The van der Waals surface area contributed by atoms with E-state index in [1.165, 1.54) is 29.2 Å². The van der Waals surface area contributed by atoms with Gasteiger partial charge in [0.1, 0.15) is 17.6 Å². The number of nitro benzene ring substituents is 1. The van der Waals surface area contributed by atoms with Crippen LogP contribution in [0.15, 0.2) is 48.0 Å². The van der Waals surface area contributed by atoms with Crippen LogP contribution in [0.2, 0.25) is 0 Å². The van der Waals surface area contributed by atoms with Crippen molar-refractivity contribution in [2.24, 2.45) is 0 Å². The Hall–Kier alpha value is -3.72. The molecule has 2 aromatic carbocycles. The second kappa shape index (κ2) is 10.5. The van der Waals surface area contributed by atoms with E-state index < -0.39 is 22.7 Å². The number of non-ortho nitro benzene ring substituents is 1. The summed E-state index contributed by atoms with van der Waals surface area (Å²) in [4.78, 5) is 40.7. The largest absolute Gasteiger partial charge is 0.507 e. The lowest BCUT2D eigenvalue weighted by Gasteiger charge is -2.26. The first-order valence-corrected chi connectivity index (χ1v) is 12.3. The number of benzene rings is 2. The average molecular weight is 494 g/mol. The van der Waals surface area contributed by atoms with E-state index in [9.17, 15) is 24.8 Å². The summed E-state index contributed by atoms with van der Waals surface area (Å²) in [6, 6.07) is 10.1. The van der Waals surface area contributed by atoms with Gasteiger partial charge in [0, 0.05) is 30.7 Å². The highest BCUT2D eigenvalue weighted by molar-refractivity contribution is 6.46. The molecule has 1 N–H and O–H groups in total. The summed E-state index contributed by atoms with van der Waals surface area (Å²) >= 11 is 0. The van der Waals surface area contributed by atoms with E-state index >= 15 is 0 Å². The van der Waals surface area contributed by atoms with Gasteiger partial charge in [-0.2, -0.15) is 0 Å². The summed E-state index contributed by atoms with van der Waals surface area (Å²) in [5.41, 5.74) is 1.78. The third-order valence-electron chi connectivity index (χ3n) is 6.90. The zero-order valence-electron chi connectivity index (χ0n) is 20.8. The van der Waals surface area contributed by atoms with Crippen molar-refractivity contribution in [3.05, 3.63) is 74.8 Å². The summed E-state index contributed by atoms with van der Waals surface area (Å²) in [6.45, 7) is 8.91. The van der Waals surface area contributed by atoms with Gasteiger partial charge < -0.3 is 19.6 Å². The number of ketones is 1. The van der Waals surface area contributed by atoms with Crippen molar-refractivity contribution in [3.8, 4) is 5.75 Å². The van der Waals surface area contributed by atoms with Crippen molar-refractivity contribution in [3.63, 3.8) is 0 Å². The van der Waals surface area contributed by atoms with Gasteiger partial charge in [-0.3, -0.25) is 19.7 Å². The number of hydrogen-bond acceptors (Lipinski definition) is 7. The van der Waals surface area contributed by atoms with Gasteiger partial charge in [0.2, 0.25) is 0 Å². The molecule has 0 bridgehead atoms. The number of ether oxygens (including phenoxy) is 1. The average Bonchev–Trinajstić information content (AvgIpc) is 3.37. The molecular weight excluding hydrogens is 462 g/mol. The topological polar surface area (TPSA) is 113 Å². The quantitative estimate of drug-likeness (QED) is 0.184. The first-order chi connectivity index (χ1) is 17.2. The number of nitro groups is 1. The number of amides is 1. The van der Waals surface area contributed by atoms with E-state index in [2.05, 4.69) is 18.7 Å². The van der Waals surface area contributed by atoms with Crippen molar-refractivity contribution in [1.29, 1.82) is 0 Å². The Balaban J connectivity index is 1.74. The molecule has 1 amide bonds. The van der Waals surface area contributed by atoms with Crippen LogP contribution in [0.4, 0.5) is 5.69 Å². The molecule has 2 atom stereocenters. The number of rotatable bonds is 9. The minimum atomic E-state index is -0.842. The number of hydrogen-bond donors (Lipinski definition) is 1. The number of nitrogens with zero attached hydrogens (tertiary/aromatic N) is 3. The number of fused-ring (bicyclic) bond motifs is 1. The molecular formula is C27H31N3O6. The summed E-state index contributed by atoms with van der Waals surface area (Å²) < 4.78 is 5.74. The number of likely N-dealkylation sites (tertiary alicyclic amines) is 1.